The van der Waals surface area contributed by atoms with Crippen molar-refractivity contribution in [2.45, 2.75) is 25.3 Å². The van der Waals surface area contributed by atoms with Crippen molar-refractivity contribution in [3.05, 3.63) is 26.2 Å². The third kappa shape index (κ3) is 6.87. The van der Waals surface area contributed by atoms with Gasteiger partial charge in [-0.15, -0.1) is 11.3 Å². The molecule has 0 fully saturated rings. The van der Waals surface area contributed by atoms with E-state index in [0.29, 0.717) is 6.54 Å². The van der Waals surface area contributed by atoms with Gasteiger partial charge in [0.2, 0.25) is 0 Å². The lowest BCUT2D eigenvalue weighted by atomic mass is 10.3. The van der Waals surface area contributed by atoms with Crippen LogP contribution in [0.5, 0.6) is 0 Å². The Labute approximate surface area is 132 Å². The highest BCUT2D eigenvalue weighted by Crippen LogP contribution is 2.16. The molecular formula is C12H21N5O2S2. The van der Waals surface area contributed by atoms with E-state index in [1.54, 1.807) is 23.1 Å². The first-order valence-electron chi connectivity index (χ1n) is 6.49. The topological polar surface area (TPSA) is 97.7 Å². The number of nitrogens with two attached hydrogens (primary N) is 1. The van der Waals surface area contributed by atoms with Gasteiger partial charge in [0, 0.05) is 35.3 Å². The van der Waals surface area contributed by atoms with Crippen LogP contribution in [0.25, 0.3) is 0 Å². The van der Waals surface area contributed by atoms with Gasteiger partial charge >= 0.3 is 0 Å². The highest BCUT2D eigenvalue weighted by molar-refractivity contribution is 7.98. The normalized spacial score (nSPS) is 13.6. The Kier molecular flexibility index (Phi) is 7.62. The van der Waals surface area contributed by atoms with Crippen LogP contribution in [0.4, 0.5) is 0 Å². The van der Waals surface area contributed by atoms with Crippen LogP contribution in [0.1, 0.15) is 17.6 Å². The molecule has 118 valence electrons. The first-order valence-corrected chi connectivity index (χ1v) is 8.52. The van der Waals surface area contributed by atoms with Crippen LogP contribution in [0, 0.1) is 10.1 Å². The minimum absolute atomic E-state index is 0.0857. The fraction of sp³-hybridized carbons (Fsp3) is 0.667. The summed E-state index contributed by atoms with van der Waals surface area (Å²) < 4.78 is 0. The van der Waals surface area contributed by atoms with E-state index < -0.39 is 11.0 Å². The summed E-state index contributed by atoms with van der Waals surface area (Å²) in [5, 5.41) is 13.7. The number of amidine groups is 1. The molecule has 21 heavy (non-hydrogen) atoms. The lowest BCUT2D eigenvalue weighted by Crippen LogP contribution is -2.33. The van der Waals surface area contributed by atoms with Crippen molar-refractivity contribution in [3.8, 4) is 0 Å². The fourth-order valence-corrected chi connectivity index (χ4v) is 3.15. The number of rotatable bonds is 9. The highest BCUT2D eigenvalue weighted by atomic mass is 32.2. The highest BCUT2D eigenvalue weighted by Gasteiger charge is 2.16. The maximum absolute atomic E-state index is 10.5. The maximum Gasteiger partial charge on any atom is 0.266 e. The van der Waals surface area contributed by atoms with Crippen molar-refractivity contribution in [3.63, 3.8) is 0 Å². The largest absolute Gasteiger partial charge is 0.382 e. The molecule has 2 N–H and O–H groups in total. The number of aromatic nitrogens is 1. The summed E-state index contributed by atoms with van der Waals surface area (Å²) in [6.07, 6.45) is 0. The molecule has 0 saturated carbocycles. The van der Waals surface area contributed by atoms with Crippen LogP contribution < -0.4 is 5.73 Å². The molecule has 0 aliphatic heterocycles. The van der Waals surface area contributed by atoms with E-state index in [2.05, 4.69) is 20.3 Å². The molecule has 0 aromatic carbocycles. The van der Waals surface area contributed by atoms with E-state index in [-0.39, 0.29) is 5.84 Å². The molecule has 0 bridgehead atoms. The first kappa shape index (κ1) is 17.9. The van der Waals surface area contributed by atoms with Crippen molar-refractivity contribution in [2.24, 2.45) is 10.7 Å². The zero-order chi connectivity index (χ0) is 15.8. The van der Waals surface area contributed by atoms with Crippen LogP contribution in [0.3, 0.4) is 0 Å². The third-order valence-electron chi connectivity index (χ3n) is 2.58. The predicted octanol–water partition coefficient (Wildman–Crippen LogP) is 1.46. The van der Waals surface area contributed by atoms with Crippen molar-refractivity contribution in [1.82, 2.24) is 9.88 Å². The molecule has 0 aliphatic carbocycles. The van der Waals surface area contributed by atoms with Crippen molar-refractivity contribution in [2.75, 3.05) is 26.4 Å². The van der Waals surface area contributed by atoms with Crippen LogP contribution >= 0.6 is 23.1 Å². The summed E-state index contributed by atoms with van der Waals surface area (Å²) in [4.78, 5) is 20.7. The van der Waals surface area contributed by atoms with Gasteiger partial charge in [0.15, 0.2) is 5.84 Å². The van der Waals surface area contributed by atoms with E-state index in [9.17, 15) is 10.1 Å². The summed E-state index contributed by atoms with van der Waals surface area (Å²) in [5.74, 6) is 1.68. The number of nitro groups is 1. The van der Waals surface area contributed by atoms with Gasteiger partial charge in [-0.2, -0.15) is 11.8 Å². The molecule has 0 saturated heterocycles. The molecule has 1 aromatic heterocycles. The van der Waals surface area contributed by atoms with Crippen LogP contribution in [-0.4, -0.2) is 53.1 Å². The average molecular weight is 331 g/mol. The molecule has 1 atom stereocenters. The van der Waals surface area contributed by atoms with Gasteiger partial charge in [-0.05, 0) is 14.1 Å². The second-order valence-corrected chi connectivity index (χ2v) is 6.84. The Morgan fingerprint density at radius 1 is 1.67 bits per heavy atom. The minimum Gasteiger partial charge on any atom is -0.382 e. The second kappa shape index (κ2) is 8.96. The Morgan fingerprint density at radius 2 is 2.38 bits per heavy atom. The van der Waals surface area contributed by atoms with Gasteiger partial charge in [-0.3, -0.25) is 15.1 Å². The van der Waals surface area contributed by atoms with Crippen LogP contribution in [0.15, 0.2) is 10.4 Å². The maximum atomic E-state index is 10.5. The number of nitrogens with zero attached hydrogens (tertiary/aromatic N) is 4. The van der Waals surface area contributed by atoms with Gasteiger partial charge in [0.1, 0.15) is 5.01 Å². The van der Waals surface area contributed by atoms with Gasteiger partial charge in [0.25, 0.3) is 6.04 Å². The summed E-state index contributed by atoms with van der Waals surface area (Å²) >= 11 is 3.36. The zero-order valence-corrected chi connectivity index (χ0v) is 14.1. The number of hydrogen-bond acceptors (Lipinski definition) is 7. The van der Waals surface area contributed by atoms with Crippen molar-refractivity contribution < 1.29 is 4.92 Å². The van der Waals surface area contributed by atoms with E-state index in [1.807, 2.05) is 14.1 Å². The Hall–Kier alpha value is -1.19. The SMILES string of the molecule is CC(C(N)=NCCSCc1csc(CN(C)C)n1)[N+](=O)[O-]. The molecule has 1 unspecified atom stereocenters. The predicted molar refractivity (Wildman–Crippen MR) is 88.6 cm³/mol. The average Bonchev–Trinajstić information content (AvgIpc) is 2.83. The molecule has 0 aliphatic rings. The quantitative estimate of drug-likeness (QED) is 0.242. The molecule has 1 aromatic rings. The molecule has 0 amide bonds. The van der Waals surface area contributed by atoms with Gasteiger partial charge in [-0.1, -0.05) is 0 Å². The molecule has 1 rings (SSSR count). The summed E-state index contributed by atoms with van der Waals surface area (Å²) in [6, 6.07) is -0.915. The van der Waals surface area contributed by atoms with Gasteiger partial charge in [0.05, 0.1) is 12.2 Å². The zero-order valence-electron chi connectivity index (χ0n) is 12.5. The smallest absolute Gasteiger partial charge is 0.266 e. The molecule has 0 spiro atoms. The van der Waals surface area contributed by atoms with Gasteiger partial charge in [-0.25, -0.2) is 4.98 Å². The third-order valence-corrected chi connectivity index (χ3v) is 4.43. The van der Waals surface area contributed by atoms with Crippen LogP contribution in [0.2, 0.25) is 0 Å². The Bertz CT molecular complexity index is 490. The van der Waals surface area contributed by atoms with Gasteiger partial charge < -0.3 is 10.6 Å². The Morgan fingerprint density at radius 3 is 3.00 bits per heavy atom. The first-order chi connectivity index (χ1) is 9.90. The molecule has 1 heterocycles. The molecule has 0 radical (unpaired) electrons. The standard InChI is InChI=1S/C12H21N5O2S2/c1-9(17(18)19)12(13)14-4-5-20-7-10-8-21-11(15-10)6-16(2)3/h8-9H,4-7H2,1-3H3,(H2,13,14). The van der Waals surface area contributed by atoms with E-state index in [4.69, 9.17) is 5.73 Å². The Balaban J connectivity index is 2.26. The molecular weight excluding hydrogens is 310 g/mol. The summed E-state index contributed by atoms with van der Waals surface area (Å²) in [6.45, 7) is 2.78. The van der Waals surface area contributed by atoms with E-state index in [0.717, 1.165) is 28.8 Å². The monoisotopic (exact) mass is 331 g/mol. The molecule has 9 heteroatoms. The van der Waals surface area contributed by atoms with Crippen molar-refractivity contribution >= 4 is 28.9 Å². The lowest BCUT2D eigenvalue weighted by Gasteiger charge is -2.05. The minimum atomic E-state index is -0.915. The summed E-state index contributed by atoms with van der Waals surface area (Å²) in [5.41, 5.74) is 6.61. The van der Waals surface area contributed by atoms with E-state index in [1.165, 1.54) is 6.92 Å². The number of aliphatic imine (C=N–C) groups is 1. The molecule has 7 nitrogen and oxygen atoms in total. The summed E-state index contributed by atoms with van der Waals surface area (Å²) in [7, 11) is 4.04. The fourth-order valence-electron chi connectivity index (χ4n) is 1.41. The van der Waals surface area contributed by atoms with E-state index >= 15 is 0 Å². The lowest BCUT2D eigenvalue weighted by molar-refractivity contribution is -0.498. The number of hydrogen-bond donors (Lipinski definition) is 1. The van der Waals surface area contributed by atoms with Crippen molar-refractivity contribution in [1.29, 1.82) is 0 Å². The number of thioether (sulfide) groups is 1. The van der Waals surface area contributed by atoms with Crippen LogP contribution in [-0.2, 0) is 12.3 Å². The number of thiazole rings is 1. The second-order valence-electron chi connectivity index (χ2n) is 4.79.